The molecule has 2 amide bonds. The van der Waals surface area contributed by atoms with Gasteiger partial charge in [-0.15, -0.1) is 0 Å². The molecule has 5 heteroatoms. The lowest BCUT2D eigenvalue weighted by atomic mass is 10.2. The molecule has 0 aliphatic rings. The monoisotopic (exact) mass is 277 g/mol. The summed E-state index contributed by atoms with van der Waals surface area (Å²) in [6.45, 7) is 6.13. The topological polar surface area (TPSA) is 53.6 Å². The second-order valence-corrected chi connectivity index (χ2v) is 4.51. The fraction of sp³-hybridized carbons (Fsp3) is 0.400. The summed E-state index contributed by atoms with van der Waals surface area (Å²) in [5, 5.41) is 6.07. The van der Waals surface area contributed by atoms with Gasteiger partial charge in [0.1, 0.15) is 12.4 Å². The normalized spacial score (nSPS) is 9.90. The molecule has 0 spiro atoms. The minimum absolute atomic E-state index is 0.0819. The van der Waals surface area contributed by atoms with E-state index in [0.717, 1.165) is 11.3 Å². The van der Waals surface area contributed by atoms with E-state index < -0.39 is 0 Å². The van der Waals surface area contributed by atoms with Crippen LogP contribution in [0, 0.1) is 0 Å². The smallest absolute Gasteiger partial charge is 0.316 e. The highest BCUT2D eigenvalue weighted by Crippen LogP contribution is 2.17. The third kappa shape index (κ3) is 5.75. The van der Waals surface area contributed by atoms with Crippen molar-refractivity contribution in [2.45, 2.75) is 6.54 Å². The molecule has 2 N–H and O–H groups in total. The Morgan fingerprint density at radius 3 is 2.80 bits per heavy atom. The van der Waals surface area contributed by atoms with Gasteiger partial charge in [0.15, 0.2) is 0 Å². The number of nitrogens with one attached hydrogen (secondary N) is 2. The lowest BCUT2D eigenvalue weighted by Gasteiger charge is -2.13. The summed E-state index contributed by atoms with van der Waals surface area (Å²) in [5.74, 6) is 0.859. The molecule has 0 fully saturated rings. The number of nitrogens with zero attached hydrogens (tertiary/aromatic N) is 1. The van der Waals surface area contributed by atoms with Gasteiger partial charge in [-0.25, -0.2) is 4.79 Å². The Morgan fingerprint density at radius 2 is 2.10 bits per heavy atom. The second-order valence-electron chi connectivity index (χ2n) is 4.51. The fourth-order valence-electron chi connectivity index (χ4n) is 1.58. The van der Waals surface area contributed by atoms with Gasteiger partial charge in [-0.2, -0.15) is 0 Å². The number of urea groups is 1. The van der Waals surface area contributed by atoms with Crippen LogP contribution in [0.25, 0.3) is 0 Å². The van der Waals surface area contributed by atoms with E-state index in [-0.39, 0.29) is 6.03 Å². The Labute approximate surface area is 120 Å². The quantitative estimate of drug-likeness (QED) is 0.561. The van der Waals surface area contributed by atoms with Gasteiger partial charge in [0.25, 0.3) is 0 Å². The molecule has 0 heterocycles. The minimum atomic E-state index is -0.0819. The molecule has 0 aliphatic carbocycles. The lowest BCUT2D eigenvalue weighted by molar-refractivity contribution is 0.217. The van der Waals surface area contributed by atoms with Crippen molar-refractivity contribution in [3.63, 3.8) is 0 Å². The zero-order valence-corrected chi connectivity index (χ0v) is 12.2. The molecule has 0 aromatic heterocycles. The number of carbonyl (C=O) groups excluding carboxylic acids is 1. The Hall–Kier alpha value is -2.01. The maximum absolute atomic E-state index is 11.3. The number of rotatable bonds is 8. The van der Waals surface area contributed by atoms with Crippen LogP contribution in [0.2, 0.25) is 0 Å². The van der Waals surface area contributed by atoms with E-state index in [9.17, 15) is 4.79 Å². The highest BCUT2D eigenvalue weighted by molar-refractivity contribution is 5.73. The maximum atomic E-state index is 11.3. The molecule has 20 heavy (non-hydrogen) atoms. The average molecular weight is 277 g/mol. The summed E-state index contributed by atoms with van der Waals surface area (Å²) in [7, 11) is 3.44. The van der Waals surface area contributed by atoms with Crippen molar-refractivity contribution in [1.82, 2.24) is 15.5 Å². The van der Waals surface area contributed by atoms with E-state index in [1.165, 1.54) is 4.90 Å². The number of ether oxygens (including phenoxy) is 1. The van der Waals surface area contributed by atoms with E-state index in [1.807, 2.05) is 24.3 Å². The van der Waals surface area contributed by atoms with Crippen molar-refractivity contribution in [3.05, 3.63) is 42.5 Å². The first-order valence-corrected chi connectivity index (χ1v) is 6.62. The average Bonchev–Trinajstić information content (AvgIpc) is 2.45. The summed E-state index contributed by atoms with van der Waals surface area (Å²) in [6, 6.07) is 7.80. The zero-order chi connectivity index (χ0) is 14.8. The molecule has 1 rings (SSSR count). The van der Waals surface area contributed by atoms with Gasteiger partial charge in [-0.3, -0.25) is 0 Å². The van der Waals surface area contributed by atoms with Crippen LogP contribution in [0.3, 0.4) is 0 Å². The molecule has 5 nitrogen and oxygen atoms in total. The van der Waals surface area contributed by atoms with Gasteiger partial charge < -0.3 is 20.3 Å². The van der Waals surface area contributed by atoms with Crippen LogP contribution in [0.15, 0.2) is 36.9 Å². The van der Waals surface area contributed by atoms with Crippen molar-refractivity contribution in [3.8, 4) is 5.75 Å². The summed E-state index contributed by atoms with van der Waals surface area (Å²) >= 11 is 0. The molecule has 1 aromatic carbocycles. The van der Waals surface area contributed by atoms with Gasteiger partial charge in [0.05, 0.1) is 0 Å². The van der Waals surface area contributed by atoms with Crippen molar-refractivity contribution in [1.29, 1.82) is 0 Å². The fourth-order valence-corrected chi connectivity index (χ4v) is 1.58. The van der Waals surface area contributed by atoms with Crippen LogP contribution in [0.5, 0.6) is 5.75 Å². The predicted molar refractivity (Wildman–Crippen MR) is 80.9 cm³/mol. The SMILES string of the molecule is C=CCOc1ccccc1CNCCNC(=O)N(C)C. The highest BCUT2D eigenvalue weighted by atomic mass is 16.5. The van der Waals surface area contributed by atoms with Crippen molar-refractivity contribution in [2.75, 3.05) is 33.8 Å². The molecular weight excluding hydrogens is 254 g/mol. The number of hydrogen-bond acceptors (Lipinski definition) is 3. The molecule has 110 valence electrons. The molecular formula is C15H23N3O2. The van der Waals surface area contributed by atoms with E-state index >= 15 is 0 Å². The van der Waals surface area contributed by atoms with Crippen molar-refractivity contribution >= 4 is 6.03 Å². The van der Waals surface area contributed by atoms with Crippen LogP contribution in [-0.4, -0.2) is 44.7 Å². The summed E-state index contributed by atoms with van der Waals surface area (Å²) < 4.78 is 5.58. The second kappa shape index (κ2) is 8.98. The van der Waals surface area contributed by atoms with Gasteiger partial charge in [0.2, 0.25) is 0 Å². The zero-order valence-electron chi connectivity index (χ0n) is 12.2. The molecule has 0 aliphatic heterocycles. The molecule has 0 saturated heterocycles. The van der Waals surface area contributed by atoms with Crippen LogP contribution in [0.1, 0.15) is 5.56 Å². The summed E-state index contributed by atoms with van der Waals surface area (Å²) in [6.07, 6.45) is 1.72. The Morgan fingerprint density at radius 1 is 1.35 bits per heavy atom. The molecule has 0 saturated carbocycles. The van der Waals surface area contributed by atoms with Crippen LogP contribution < -0.4 is 15.4 Å². The Kier molecular flexibility index (Phi) is 7.21. The maximum Gasteiger partial charge on any atom is 0.316 e. The summed E-state index contributed by atoms with van der Waals surface area (Å²) in [4.78, 5) is 12.8. The Bertz CT molecular complexity index is 433. The summed E-state index contributed by atoms with van der Waals surface area (Å²) in [5.41, 5.74) is 1.09. The largest absolute Gasteiger partial charge is 0.489 e. The highest BCUT2D eigenvalue weighted by Gasteiger charge is 2.03. The number of benzene rings is 1. The number of amides is 2. The van der Waals surface area contributed by atoms with Crippen LogP contribution in [0.4, 0.5) is 4.79 Å². The van der Waals surface area contributed by atoms with Gasteiger partial charge in [-0.05, 0) is 6.07 Å². The van der Waals surface area contributed by atoms with Gasteiger partial charge >= 0.3 is 6.03 Å². The minimum Gasteiger partial charge on any atom is -0.489 e. The number of carbonyl (C=O) groups is 1. The van der Waals surface area contributed by atoms with E-state index in [1.54, 1.807) is 20.2 Å². The number of para-hydroxylation sites is 1. The van der Waals surface area contributed by atoms with Crippen molar-refractivity contribution in [2.24, 2.45) is 0 Å². The standard InChI is InChI=1S/C15H23N3O2/c1-4-11-20-14-8-6-5-7-13(14)12-16-9-10-17-15(19)18(2)3/h4-8,16H,1,9-12H2,2-3H3,(H,17,19). The first kappa shape index (κ1) is 16.0. The first-order chi connectivity index (χ1) is 9.65. The predicted octanol–water partition coefficient (Wildman–Crippen LogP) is 1.61. The third-order valence-corrected chi connectivity index (χ3v) is 2.63. The van der Waals surface area contributed by atoms with Crippen LogP contribution in [-0.2, 0) is 6.54 Å². The third-order valence-electron chi connectivity index (χ3n) is 2.63. The van der Waals surface area contributed by atoms with Gasteiger partial charge in [0, 0.05) is 39.3 Å². The van der Waals surface area contributed by atoms with Crippen LogP contribution >= 0.6 is 0 Å². The lowest BCUT2D eigenvalue weighted by Crippen LogP contribution is -2.38. The van der Waals surface area contributed by atoms with Gasteiger partial charge in [-0.1, -0.05) is 30.9 Å². The molecule has 0 atom stereocenters. The first-order valence-electron chi connectivity index (χ1n) is 6.62. The van der Waals surface area contributed by atoms with Crippen molar-refractivity contribution < 1.29 is 9.53 Å². The van der Waals surface area contributed by atoms with E-state index in [4.69, 9.17) is 4.74 Å². The Balaban J connectivity index is 2.31. The molecule has 0 bridgehead atoms. The molecule has 1 aromatic rings. The number of hydrogen-bond donors (Lipinski definition) is 2. The molecule has 0 radical (unpaired) electrons. The van der Waals surface area contributed by atoms with E-state index in [0.29, 0.717) is 26.2 Å². The molecule has 0 unspecified atom stereocenters. The van der Waals surface area contributed by atoms with E-state index in [2.05, 4.69) is 17.2 Å².